The highest BCUT2D eigenvalue weighted by atomic mass is 32.2. The zero-order chi connectivity index (χ0) is 15.9. The molecule has 0 radical (unpaired) electrons. The minimum absolute atomic E-state index is 0.0388. The molecule has 120 valence electrons. The van der Waals surface area contributed by atoms with E-state index >= 15 is 0 Å². The highest BCUT2D eigenvalue weighted by molar-refractivity contribution is 7.89. The molecule has 5 nitrogen and oxygen atoms in total. The van der Waals surface area contributed by atoms with Crippen molar-refractivity contribution in [1.29, 1.82) is 0 Å². The average molecular weight is 326 g/mol. The molecule has 1 aliphatic heterocycles. The van der Waals surface area contributed by atoms with Crippen LogP contribution in [0.5, 0.6) is 0 Å². The molecule has 1 heterocycles. The number of halogens is 1. The normalized spacial score (nSPS) is 26.0. The molecule has 1 amide bonds. The number of carbonyl (C=O) groups is 1. The first-order valence-electron chi connectivity index (χ1n) is 7.44. The Labute approximate surface area is 129 Å². The van der Waals surface area contributed by atoms with Crippen molar-refractivity contribution in [2.45, 2.75) is 18.2 Å². The van der Waals surface area contributed by atoms with Gasteiger partial charge in [-0.25, -0.2) is 12.8 Å². The molecule has 1 aromatic rings. The largest absolute Gasteiger partial charge is 0.340 e. The quantitative estimate of drug-likeness (QED) is 0.842. The van der Waals surface area contributed by atoms with Crippen LogP contribution < -0.4 is 0 Å². The highest BCUT2D eigenvalue weighted by Gasteiger charge is 2.42. The summed E-state index contributed by atoms with van der Waals surface area (Å²) < 4.78 is 39.5. The first-order chi connectivity index (χ1) is 10.4. The van der Waals surface area contributed by atoms with Crippen molar-refractivity contribution in [3.8, 4) is 0 Å². The highest BCUT2D eigenvalue weighted by Crippen LogP contribution is 2.39. The molecule has 1 saturated heterocycles. The zero-order valence-electron chi connectivity index (χ0n) is 12.4. The van der Waals surface area contributed by atoms with Crippen LogP contribution in [0, 0.1) is 17.7 Å². The number of sulfonamides is 1. The monoisotopic (exact) mass is 326 g/mol. The van der Waals surface area contributed by atoms with Gasteiger partial charge in [-0.05, 0) is 30.5 Å². The van der Waals surface area contributed by atoms with Crippen LogP contribution in [-0.4, -0.2) is 49.7 Å². The predicted octanol–water partition coefficient (Wildman–Crippen LogP) is 1.31. The lowest BCUT2D eigenvalue weighted by atomic mass is 10.2. The van der Waals surface area contributed by atoms with Crippen molar-refractivity contribution in [3.05, 3.63) is 30.1 Å². The third-order valence-electron chi connectivity index (χ3n) is 4.41. The van der Waals surface area contributed by atoms with E-state index in [1.165, 1.54) is 22.5 Å². The van der Waals surface area contributed by atoms with Crippen LogP contribution in [0.25, 0.3) is 0 Å². The van der Waals surface area contributed by atoms with E-state index < -0.39 is 15.8 Å². The number of benzene rings is 1. The van der Waals surface area contributed by atoms with E-state index in [0.717, 1.165) is 12.5 Å². The van der Waals surface area contributed by atoms with Crippen molar-refractivity contribution >= 4 is 15.9 Å². The number of carbonyl (C=O) groups excluding carboxylic acids is 1. The molecule has 0 bridgehead atoms. The van der Waals surface area contributed by atoms with Crippen molar-refractivity contribution in [2.75, 3.05) is 26.2 Å². The van der Waals surface area contributed by atoms with Crippen LogP contribution in [-0.2, 0) is 14.8 Å². The Morgan fingerprint density at radius 3 is 2.41 bits per heavy atom. The van der Waals surface area contributed by atoms with Gasteiger partial charge in [0.25, 0.3) is 0 Å². The van der Waals surface area contributed by atoms with E-state index in [0.29, 0.717) is 19.0 Å². The number of amides is 1. The lowest BCUT2D eigenvalue weighted by Crippen LogP contribution is -2.51. The molecule has 3 rings (SSSR count). The fraction of sp³-hybridized carbons (Fsp3) is 0.533. The summed E-state index contributed by atoms with van der Waals surface area (Å²) in [5.41, 5.74) is 0. The zero-order valence-corrected chi connectivity index (χ0v) is 13.2. The topological polar surface area (TPSA) is 57.7 Å². The smallest absolute Gasteiger partial charge is 0.243 e. The van der Waals surface area contributed by atoms with Crippen molar-refractivity contribution in [3.63, 3.8) is 0 Å². The summed E-state index contributed by atoms with van der Waals surface area (Å²) in [6.07, 6.45) is 0.931. The molecular formula is C15H19FN2O3S. The summed E-state index contributed by atoms with van der Waals surface area (Å²) in [5.74, 6) is 0.126. The Bertz CT molecular complexity index is 684. The van der Waals surface area contributed by atoms with Crippen LogP contribution >= 0.6 is 0 Å². The van der Waals surface area contributed by atoms with Crippen molar-refractivity contribution in [2.24, 2.45) is 11.8 Å². The number of hydrogen-bond acceptors (Lipinski definition) is 3. The van der Waals surface area contributed by atoms with Crippen molar-refractivity contribution < 1.29 is 17.6 Å². The molecule has 1 saturated carbocycles. The fourth-order valence-electron chi connectivity index (χ4n) is 2.83. The number of nitrogens with zero attached hydrogens (tertiary/aromatic N) is 2. The average Bonchev–Trinajstić information content (AvgIpc) is 3.23. The SMILES string of the molecule is CC1CC1C(=O)N1CCN(S(=O)(=O)c2cccc(F)c2)CC1. The molecule has 0 N–H and O–H groups in total. The van der Waals surface area contributed by atoms with Gasteiger partial charge < -0.3 is 4.90 Å². The molecule has 0 aromatic heterocycles. The van der Waals surface area contributed by atoms with Crippen molar-refractivity contribution in [1.82, 2.24) is 9.21 Å². The van der Waals surface area contributed by atoms with Crippen LogP contribution in [0.3, 0.4) is 0 Å². The van der Waals surface area contributed by atoms with Gasteiger partial charge in [-0.2, -0.15) is 4.31 Å². The molecule has 22 heavy (non-hydrogen) atoms. The van der Waals surface area contributed by atoms with Gasteiger partial charge in [0.2, 0.25) is 15.9 Å². The van der Waals surface area contributed by atoms with E-state index in [9.17, 15) is 17.6 Å². The van der Waals surface area contributed by atoms with Crippen LogP contribution in [0.15, 0.2) is 29.2 Å². The summed E-state index contributed by atoms with van der Waals surface area (Å²) in [7, 11) is -3.69. The summed E-state index contributed by atoms with van der Waals surface area (Å²) >= 11 is 0. The predicted molar refractivity (Wildman–Crippen MR) is 79.0 cm³/mol. The molecule has 2 aliphatic rings. The first kappa shape index (κ1) is 15.4. The maximum Gasteiger partial charge on any atom is 0.243 e. The standard InChI is InChI=1S/C15H19FN2O3S/c1-11-9-14(11)15(19)17-5-7-18(8-6-17)22(20,21)13-4-2-3-12(16)10-13/h2-4,10-11,14H,5-9H2,1H3. The number of hydrogen-bond donors (Lipinski definition) is 0. The fourth-order valence-corrected chi connectivity index (χ4v) is 4.28. The molecule has 1 aliphatic carbocycles. The Morgan fingerprint density at radius 1 is 1.23 bits per heavy atom. The maximum absolute atomic E-state index is 13.2. The Hall–Kier alpha value is -1.47. The van der Waals surface area contributed by atoms with Crippen LogP contribution in [0.2, 0.25) is 0 Å². The molecule has 1 aromatic carbocycles. The molecule has 0 spiro atoms. The molecule has 2 fully saturated rings. The molecule has 2 atom stereocenters. The second-order valence-electron chi connectivity index (χ2n) is 6.01. The van der Waals surface area contributed by atoms with Gasteiger partial charge in [0.05, 0.1) is 4.90 Å². The second-order valence-corrected chi connectivity index (χ2v) is 7.94. The Kier molecular flexibility index (Phi) is 3.94. The lowest BCUT2D eigenvalue weighted by molar-refractivity contribution is -0.134. The van der Waals surface area contributed by atoms with Gasteiger partial charge in [0, 0.05) is 32.1 Å². The summed E-state index contributed by atoms with van der Waals surface area (Å²) in [5, 5.41) is 0. The van der Waals surface area contributed by atoms with E-state index in [-0.39, 0.29) is 29.8 Å². The van der Waals surface area contributed by atoms with Gasteiger partial charge in [0.1, 0.15) is 5.82 Å². The summed E-state index contributed by atoms with van der Waals surface area (Å²) in [6, 6.07) is 5.02. The maximum atomic E-state index is 13.2. The first-order valence-corrected chi connectivity index (χ1v) is 8.88. The summed E-state index contributed by atoms with van der Waals surface area (Å²) in [6.45, 7) is 3.36. The third-order valence-corrected chi connectivity index (χ3v) is 6.31. The van der Waals surface area contributed by atoms with Gasteiger partial charge in [-0.15, -0.1) is 0 Å². The molecule has 7 heteroatoms. The van der Waals surface area contributed by atoms with Gasteiger partial charge in [0.15, 0.2) is 0 Å². The van der Waals surface area contributed by atoms with E-state index in [1.807, 2.05) is 6.92 Å². The van der Waals surface area contributed by atoms with Gasteiger partial charge in [-0.1, -0.05) is 13.0 Å². The van der Waals surface area contributed by atoms with Gasteiger partial charge in [-0.3, -0.25) is 4.79 Å². The Balaban J connectivity index is 1.67. The minimum atomic E-state index is -3.69. The van der Waals surface area contributed by atoms with E-state index in [2.05, 4.69) is 0 Å². The van der Waals surface area contributed by atoms with Crippen LogP contribution in [0.1, 0.15) is 13.3 Å². The Morgan fingerprint density at radius 2 is 1.86 bits per heavy atom. The van der Waals surface area contributed by atoms with Gasteiger partial charge >= 0.3 is 0 Å². The third kappa shape index (κ3) is 2.87. The minimum Gasteiger partial charge on any atom is -0.340 e. The van der Waals surface area contributed by atoms with Crippen LogP contribution in [0.4, 0.5) is 4.39 Å². The molecular weight excluding hydrogens is 307 g/mol. The van der Waals surface area contributed by atoms with E-state index in [1.54, 1.807) is 4.90 Å². The summed E-state index contributed by atoms with van der Waals surface area (Å²) in [4.78, 5) is 13.9. The van der Waals surface area contributed by atoms with E-state index in [4.69, 9.17) is 0 Å². The number of piperazine rings is 1. The molecule has 2 unspecified atom stereocenters. The number of rotatable bonds is 3. The lowest BCUT2D eigenvalue weighted by Gasteiger charge is -2.34. The second kappa shape index (κ2) is 5.62.